The summed E-state index contributed by atoms with van der Waals surface area (Å²) in [6, 6.07) is 6.41. The third kappa shape index (κ3) is 2.85. The lowest BCUT2D eigenvalue weighted by atomic mass is 10.1. The summed E-state index contributed by atoms with van der Waals surface area (Å²) < 4.78 is 26.3. The molecule has 0 aromatic heterocycles. The molecule has 1 fully saturated rings. The molecule has 1 aromatic rings. The van der Waals surface area contributed by atoms with Crippen LogP contribution >= 0.6 is 11.6 Å². The first-order chi connectivity index (χ1) is 8.51. The Morgan fingerprint density at radius 1 is 1.44 bits per heavy atom. The Morgan fingerprint density at radius 3 is 2.83 bits per heavy atom. The smallest absolute Gasteiger partial charge is 0.243 e. The predicted octanol–water partition coefficient (Wildman–Crippen LogP) is 1.71. The second-order valence-corrected chi connectivity index (χ2v) is 6.91. The monoisotopic (exact) mass is 288 g/mol. The van der Waals surface area contributed by atoms with Crippen molar-refractivity contribution in [1.29, 1.82) is 0 Å². The van der Waals surface area contributed by atoms with Gasteiger partial charge in [-0.2, -0.15) is 4.31 Å². The van der Waals surface area contributed by atoms with Crippen LogP contribution in [-0.2, 0) is 10.0 Å². The van der Waals surface area contributed by atoms with Crippen LogP contribution in [-0.4, -0.2) is 38.9 Å². The van der Waals surface area contributed by atoms with Gasteiger partial charge in [0.05, 0.1) is 4.90 Å². The normalized spacial score (nSPS) is 21.2. The Hall–Kier alpha value is -0.620. The summed E-state index contributed by atoms with van der Waals surface area (Å²) in [5, 5.41) is 3.65. The van der Waals surface area contributed by atoms with Crippen molar-refractivity contribution in [3.05, 3.63) is 29.3 Å². The zero-order chi connectivity index (χ0) is 13.2. The second kappa shape index (κ2) is 5.57. The molecular formula is C12H17ClN2O2S. The van der Waals surface area contributed by atoms with Crippen molar-refractivity contribution in [3.8, 4) is 0 Å². The van der Waals surface area contributed by atoms with Crippen LogP contribution in [0.2, 0.25) is 5.02 Å². The van der Waals surface area contributed by atoms with Gasteiger partial charge in [-0.3, -0.25) is 0 Å². The highest BCUT2D eigenvalue weighted by Crippen LogP contribution is 2.22. The molecule has 6 heteroatoms. The van der Waals surface area contributed by atoms with Crippen molar-refractivity contribution < 1.29 is 8.42 Å². The number of hydrogen-bond donors (Lipinski definition) is 1. The number of piperidine rings is 1. The summed E-state index contributed by atoms with van der Waals surface area (Å²) in [7, 11) is -1.82. The van der Waals surface area contributed by atoms with Gasteiger partial charge >= 0.3 is 0 Å². The van der Waals surface area contributed by atoms with Crippen LogP contribution in [0.5, 0.6) is 0 Å². The molecule has 0 bridgehead atoms. The van der Waals surface area contributed by atoms with Crippen molar-refractivity contribution in [3.63, 3.8) is 0 Å². The van der Waals surface area contributed by atoms with E-state index in [1.54, 1.807) is 25.2 Å². The standard InChI is InChI=1S/C12H17ClN2O2S/c1-15(11-5-3-7-14-9-11)18(16,17)12-6-2-4-10(13)8-12/h2,4,6,8,11,14H,3,5,7,9H2,1H3. The Kier molecular flexibility index (Phi) is 4.27. The minimum absolute atomic E-state index is 0.0164. The summed E-state index contributed by atoms with van der Waals surface area (Å²) in [4.78, 5) is 0.253. The van der Waals surface area contributed by atoms with Crippen LogP contribution < -0.4 is 5.32 Å². The molecule has 1 unspecified atom stereocenters. The van der Waals surface area contributed by atoms with Crippen LogP contribution in [0.25, 0.3) is 0 Å². The van der Waals surface area contributed by atoms with Crippen LogP contribution in [0.4, 0.5) is 0 Å². The van der Waals surface area contributed by atoms with Gasteiger partial charge in [0.1, 0.15) is 0 Å². The third-order valence-corrected chi connectivity index (χ3v) is 5.40. The molecule has 0 amide bonds. The zero-order valence-electron chi connectivity index (χ0n) is 10.3. The maximum atomic E-state index is 12.4. The van der Waals surface area contributed by atoms with Crippen molar-refractivity contribution >= 4 is 21.6 Å². The van der Waals surface area contributed by atoms with E-state index < -0.39 is 10.0 Å². The first-order valence-electron chi connectivity index (χ1n) is 5.96. The summed E-state index contributed by atoms with van der Waals surface area (Å²) in [6.45, 7) is 1.66. The SMILES string of the molecule is CN(C1CCCNC1)S(=O)(=O)c1cccc(Cl)c1. The highest BCUT2D eigenvalue weighted by molar-refractivity contribution is 7.89. The number of rotatable bonds is 3. The highest BCUT2D eigenvalue weighted by atomic mass is 35.5. The van der Waals surface area contributed by atoms with Gasteiger partial charge in [-0.05, 0) is 37.6 Å². The lowest BCUT2D eigenvalue weighted by Gasteiger charge is -2.30. The number of sulfonamides is 1. The fourth-order valence-electron chi connectivity index (χ4n) is 2.13. The first-order valence-corrected chi connectivity index (χ1v) is 7.78. The Bertz CT molecular complexity index is 513. The van der Waals surface area contributed by atoms with E-state index in [-0.39, 0.29) is 10.9 Å². The summed E-state index contributed by atoms with van der Waals surface area (Å²) >= 11 is 5.85. The van der Waals surface area contributed by atoms with Gasteiger partial charge in [0.2, 0.25) is 10.0 Å². The van der Waals surface area contributed by atoms with Gasteiger partial charge in [-0.15, -0.1) is 0 Å². The number of nitrogens with one attached hydrogen (secondary N) is 1. The average molecular weight is 289 g/mol. The van der Waals surface area contributed by atoms with E-state index in [9.17, 15) is 8.42 Å². The van der Waals surface area contributed by atoms with Crippen LogP contribution in [0.1, 0.15) is 12.8 Å². The van der Waals surface area contributed by atoms with Crippen LogP contribution in [0.15, 0.2) is 29.2 Å². The van der Waals surface area contributed by atoms with Crippen molar-refractivity contribution in [2.75, 3.05) is 20.1 Å². The Balaban J connectivity index is 2.24. The largest absolute Gasteiger partial charge is 0.315 e. The molecule has 0 radical (unpaired) electrons. The summed E-state index contributed by atoms with van der Waals surface area (Å²) in [5.74, 6) is 0. The fraction of sp³-hybridized carbons (Fsp3) is 0.500. The molecule has 2 rings (SSSR count). The van der Waals surface area contributed by atoms with E-state index in [1.165, 1.54) is 10.4 Å². The highest BCUT2D eigenvalue weighted by Gasteiger charge is 2.28. The van der Waals surface area contributed by atoms with Gasteiger partial charge in [0.25, 0.3) is 0 Å². The molecule has 4 nitrogen and oxygen atoms in total. The third-order valence-electron chi connectivity index (χ3n) is 3.26. The zero-order valence-corrected chi connectivity index (χ0v) is 11.8. The molecule has 0 aliphatic carbocycles. The number of nitrogens with zero attached hydrogens (tertiary/aromatic N) is 1. The number of likely N-dealkylation sites (N-methyl/N-ethyl adjacent to an activating group) is 1. The first kappa shape index (κ1) is 13.8. The minimum atomic E-state index is -3.45. The number of benzene rings is 1. The Labute approximate surface area is 113 Å². The molecule has 100 valence electrons. The van der Waals surface area contributed by atoms with Crippen LogP contribution in [0.3, 0.4) is 0 Å². The van der Waals surface area contributed by atoms with E-state index in [0.29, 0.717) is 11.6 Å². The maximum Gasteiger partial charge on any atom is 0.243 e. The average Bonchev–Trinajstić information content (AvgIpc) is 2.39. The maximum absolute atomic E-state index is 12.4. The fourth-order valence-corrected chi connectivity index (χ4v) is 3.82. The number of hydrogen-bond acceptors (Lipinski definition) is 3. The van der Waals surface area contributed by atoms with Crippen LogP contribution in [0, 0.1) is 0 Å². The van der Waals surface area contributed by atoms with Gasteiger partial charge in [-0.1, -0.05) is 17.7 Å². The molecule has 1 heterocycles. The molecule has 0 spiro atoms. The molecule has 1 saturated heterocycles. The minimum Gasteiger partial charge on any atom is -0.315 e. The molecule has 1 aromatic carbocycles. The van der Waals surface area contributed by atoms with E-state index in [0.717, 1.165) is 19.4 Å². The molecular weight excluding hydrogens is 272 g/mol. The van der Waals surface area contributed by atoms with Crippen molar-refractivity contribution in [1.82, 2.24) is 9.62 Å². The van der Waals surface area contributed by atoms with Gasteiger partial charge < -0.3 is 5.32 Å². The molecule has 18 heavy (non-hydrogen) atoms. The molecule has 0 saturated carbocycles. The lowest BCUT2D eigenvalue weighted by Crippen LogP contribution is -2.46. The second-order valence-electron chi connectivity index (χ2n) is 4.48. The predicted molar refractivity (Wildman–Crippen MR) is 72.3 cm³/mol. The molecule has 1 aliphatic rings. The molecule has 1 N–H and O–H groups in total. The van der Waals surface area contributed by atoms with E-state index >= 15 is 0 Å². The lowest BCUT2D eigenvalue weighted by molar-refractivity contribution is 0.300. The van der Waals surface area contributed by atoms with Gasteiger partial charge in [0.15, 0.2) is 0 Å². The molecule has 1 aliphatic heterocycles. The van der Waals surface area contributed by atoms with Crippen molar-refractivity contribution in [2.45, 2.75) is 23.8 Å². The van der Waals surface area contributed by atoms with Gasteiger partial charge in [-0.25, -0.2) is 8.42 Å². The number of halogens is 1. The summed E-state index contributed by atoms with van der Waals surface area (Å²) in [5.41, 5.74) is 0. The quantitative estimate of drug-likeness (QED) is 0.921. The van der Waals surface area contributed by atoms with Crippen molar-refractivity contribution in [2.24, 2.45) is 0 Å². The van der Waals surface area contributed by atoms with Gasteiger partial charge in [0, 0.05) is 24.7 Å². The Morgan fingerprint density at radius 2 is 2.22 bits per heavy atom. The van der Waals surface area contributed by atoms with E-state index in [1.807, 2.05) is 0 Å². The van der Waals surface area contributed by atoms with E-state index in [2.05, 4.69) is 5.32 Å². The topological polar surface area (TPSA) is 49.4 Å². The summed E-state index contributed by atoms with van der Waals surface area (Å²) in [6.07, 6.45) is 1.89. The van der Waals surface area contributed by atoms with E-state index in [4.69, 9.17) is 11.6 Å². The molecule has 1 atom stereocenters.